The van der Waals surface area contributed by atoms with Crippen molar-refractivity contribution in [1.29, 1.82) is 0 Å². The summed E-state index contributed by atoms with van der Waals surface area (Å²) in [6.45, 7) is 4.58. The van der Waals surface area contributed by atoms with Gasteiger partial charge in [-0.25, -0.2) is 0 Å². The van der Waals surface area contributed by atoms with E-state index in [0.29, 0.717) is 0 Å². The minimum Gasteiger partial charge on any atom is -0.321 e. The fraction of sp³-hybridized carbons (Fsp3) is 0.500. The van der Waals surface area contributed by atoms with Gasteiger partial charge in [0.25, 0.3) is 0 Å². The third-order valence-corrected chi connectivity index (χ3v) is 3.51. The van der Waals surface area contributed by atoms with Crippen LogP contribution in [0.1, 0.15) is 37.3 Å². The molecule has 1 aliphatic heterocycles. The Bertz CT molecular complexity index is 415. The van der Waals surface area contributed by atoms with Crippen molar-refractivity contribution in [2.75, 3.05) is 20.6 Å². The van der Waals surface area contributed by atoms with E-state index in [0.717, 1.165) is 11.0 Å². The molecule has 0 aliphatic carbocycles. The normalized spacial score (nSPS) is 20.3. The number of nitrogens with zero attached hydrogens (tertiary/aromatic N) is 1. The Kier molecular flexibility index (Phi) is 3.68. The predicted octanol–water partition coefficient (Wildman–Crippen LogP) is 3.85. The molecule has 1 aromatic rings. The minimum absolute atomic E-state index is 1.08. The van der Waals surface area contributed by atoms with E-state index in [1.165, 1.54) is 36.9 Å². The van der Waals surface area contributed by atoms with Crippen molar-refractivity contribution >= 4 is 5.57 Å². The van der Waals surface area contributed by atoms with Gasteiger partial charge in [-0.05, 0) is 12.0 Å². The van der Waals surface area contributed by atoms with E-state index in [-0.39, 0.29) is 0 Å². The Labute approximate surface area is 105 Å². The third kappa shape index (κ3) is 2.98. The number of unbranched alkanes of at least 4 members (excludes halogenated alkanes) is 2. The van der Waals surface area contributed by atoms with Crippen molar-refractivity contribution in [3.8, 4) is 0 Å². The molecule has 0 unspecified atom stereocenters. The van der Waals surface area contributed by atoms with Crippen LogP contribution in [0.3, 0.4) is 0 Å². The summed E-state index contributed by atoms with van der Waals surface area (Å²) in [6.07, 6.45) is 6.27. The van der Waals surface area contributed by atoms with Crippen LogP contribution in [-0.2, 0) is 6.54 Å². The average molecular weight is 230 g/mol. The maximum atomic E-state index is 2.46. The summed E-state index contributed by atoms with van der Waals surface area (Å²) in [5.74, 6) is 0. The lowest BCUT2D eigenvalue weighted by Gasteiger charge is -2.36. The van der Waals surface area contributed by atoms with Crippen LogP contribution < -0.4 is 0 Å². The van der Waals surface area contributed by atoms with Crippen LogP contribution in [0.5, 0.6) is 0 Å². The zero-order chi connectivity index (χ0) is 12.3. The number of hydrogen-bond acceptors (Lipinski definition) is 0. The van der Waals surface area contributed by atoms with Gasteiger partial charge in [0.05, 0.1) is 14.1 Å². The second kappa shape index (κ2) is 5.05. The number of allylic oxidation sites excluding steroid dienone is 1. The molecular weight excluding hydrogens is 206 g/mol. The SMILES string of the molecule is CCCC/C=C1\C[N+](C)(C)Cc2ccccc21. The van der Waals surface area contributed by atoms with Gasteiger partial charge in [-0.3, -0.25) is 0 Å². The number of quaternary nitrogens is 1. The van der Waals surface area contributed by atoms with E-state index in [9.17, 15) is 0 Å². The highest BCUT2D eigenvalue weighted by Gasteiger charge is 2.26. The molecule has 0 N–H and O–H groups in total. The molecule has 0 atom stereocenters. The van der Waals surface area contributed by atoms with Gasteiger partial charge in [-0.1, -0.05) is 50.1 Å². The van der Waals surface area contributed by atoms with Crippen molar-refractivity contribution in [2.24, 2.45) is 0 Å². The zero-order valence-corrected chi connectivity index (χ0v) is 11.4. The Hall–Kier alpha value is -1.08. The van der Waals surface area contributed by atoms with Crippen LogP contribution in [0.25, 0.3) is 5.57 Å². The van der Waals surface area contributed by atoms with E-state index in [4.69, 9.17) is 0 Å². The lowest BCUT2D eigenvalue weighted by atomic mass is 9.93. The number of likely N-dealkylation sites (N-methyl/N-ethyl adjacent to an activating group) is 1. The van der Waals surface area contributed by atoms with Gasteiger partial charge in [0, 0.05) is 11.1 Å². The second-order valence-electron chi connectivity index (χ2n) is 5.78. The first-order valence-electron chi connectivity index (χ1n) is 6.72. The van der Waals surface area contributed by atoms with Crippen molar-refractivity contribution in [1.82, 2.24) is 0 Å². The highest BCUT2D eigenvalue weighted by molar-refractivity contribution is 5.69. The van der Waals surface area contributed by atoms with Crippen LogP contribution in [0, 0.1) is 0 Å². The van der Waals surface area contributed by atoms with E-state index < -0.39 is 0 Å². The Morgan fingerprint density at radius 1 is 1.18 bits per heavy atom. The summed E-state index contributed by atoms with van der Waals surface area (Å²) in [5, 5.41) is 0. The Morgan fingerprint density at radius 3 is 2.71 bits per heavy atom. The molecule has 1 aliphatic rings. The van der Waals surface area contributed by atoms with Crippen molar-refractivity contribution in [3.05, 3.63) is 41.5 Å². The lowest BCUT2D eigenvalue weighted by Crippen LogP contribution is -2.43. The molecule has 17 heavy (non-hydrogen) atoms. The van der Waals surface area contributed by atoms with Gasteiger partial charge in [0.2, 0.25) is 0 Å². The van der Waals surface area contributed by atoms with Crippen LogP contribution in [0.4, 0.5) is 0 Å². The summed E-state index contributed by atoms with van der Waals surface area (Å²) >= 11 is 0. The Balaban J connectivity index is 2.29. The quantitative estimate of drug-likeness (QED) is 0.546. The first-order valence-corrected chi connectivity index (χ1v) is 6.72. The number of benzene rings is 1. The van der Waals surface area contributed by atoms with Gasteiger partial charge in [-0.2, -0.15) is 0 Å². The molecule has 0 radical (unpaired) electrons. The maximum Gasteiger partial charge on any atom is 0.105 e. The van der Waals surface area contributed by atoms with E-state index in [1.54, 1.807) is 5.57 Å². The summed E-state index contributed by atoms with van der Waals surface area (Å²) in [5.41, 5.74) is 4.54. The first kappa shape index (κ1) is 12.4. The molecular formula is C16H24N+. The number of fused-ring (bicyclic) bond motifs is 1. The van der Waals surface area contributed by atoms with E-state index in [1.807, 2.05) is 0 Å². The summed E-state index contributed by atoms with van der Waals surface area (Å²) < 4.78 is 1.08. The molecule has 0 fully saturated rings. The standard InChI is InChI=1S/C16H24N/c1-4-5-6-9-14-12-17(2,3)13-15-10-7-8-11-16(14)15/h7-11H,4-6,12-13H2,1-3H3/q+1/b14-9+. The molecule has 0 bridgehead atoms. The molecule has 1 aromatic carbocycles. The van der Waals surface area contributed by atoms with E-state index in [2.05, 4.69) is 51.4 Å². The number of hydrogen-bond donors (Lipinski definition) is 0. The third-order valence-electron chi connectivity index (χ3n) is 3.51. The highest BCUT2D eigenvalue weighted by Crippen LogP contribution is 2.30. The van der Waals surface area contributed by atoms with Crippen molar-refractivity contribution < 1.29 is 4.48 Å². The smallest absolute Gasteiger partial charge is 0.105 e. The zero-order valence-electron chi connectivity index (χ0n) is 11.4. The van der Waals surface area contributed by atoms with Gasteiger partial charge >= 0.3 is 0 Å². The van der Waals surface area contributed by atoms with Crippen molar-refractivity contribution in [3.63, 3.8) is 0 Å². The molecule has 0 amide bonds. The molecule has 92 valence electrons. The second-order valence-corrected chi connectivity index (χ2v) is 5.78. The minimum atomic E-state index is 1.08. The number of rotatable bonds is 3. The molecule has 1 heterocycles. The molecule has 1 heteroatoms. The molecule has 0 saturated carbocycles. The Morgan fingerprint density at radius 2 is 1.94 bits per heavy atom. The molecule has 1 nitrogen and oxygen atoms in total. The van der Waals surface area contributed by atoms with Gasteiger partial charge in [-0.15, -0.1) is 0 Å². The maximum absolute atomic E-state index is 2.46. The summed E-state index contributed by atoms with van der Waals surface area (Å²) in [7, 11) is 4.65. The van der Waals surface area contributed by atoms with Gasteiger partial charge < -0.3 is 4.48 Å². The summed E-state index contributed by atoms with van der Waals surface area (Å²) in [4.78, 5) is 0. The summed E-state index contributed by atoms with van der Waals surface area (Å²) in [6, 6.07) is 8.89. The fourth-order valence-corrected chi connectivity index (χ4v) is 2.69. The van der Waals surface area contributed by atoms with Crippen molar-refractivity contribution in [2.45, 2.75) is 32.7 Å². The molecule has 0 spiro atoms. The van der Waals surface area contributed by atoms with Gasteiger partial charge in [0.15, 0.2) is 0 Å². The first-order chi connectivity index (χ1) is 8.12. The average Bonchev–Trinajstić information content (AvgIpc) is 2.28. The largest absolute Gasteiger partial charge is 0.321 e. The van der Waals surface area contributed by atoms with Crippen LogP contribution in [-0.4, -0.2) is 25.1 Å². The lowest BCUT2D eigenvalue weighted by molar-refractivity contribution is -0.897. The van der Waals surface area contributed by atoms with Crippen LogP contribution >= 0.6 is 0 Å². The topological polar surface area (TPSA) is 0 Å². The fourth-order valence-electron chi connectivity index (χ4n) is 2.69. The van der Waals surface area contributed by atoms with Gasteiger partial charge in [0.1, 0.15) is 13.1 Å². The molecule has 0 aromatic heterocycles. The monoisotopic (exact) mass is 230 g/mol. The molecule has 0 saturated heterocycles. The highest BCUT2D eigenvalue weighted by atomic mass is 15.3. The van der Waals surface area contributed by atoms with Crippen LogP contribution in [0.2, 0.25) is 0 Å². The predicted molar refractivity (Wildman–Crippen MR) is 74.6 cm³/mol. The van der Waals surface area contributed by atoms with Crippen LogP contribution in [0.15, 0.2) is 30.3 Å². The van der Waals surface area contributed by atoms with E-state index >= 15 is 0 Å². The molecule has 2 rings (SSSR count).